The Morgan fingerprint density at radius 3 is 2.43 bits per heavy atom. The molecule has 1 heterocycles. The van der Waals surface area contributed by atoms with Crippen molar-refractivity contribution in [3.05, 3.63) is 34.4 Å². The van der Waals surface area contributed by atoms with Gasteiger partial charge in [-0.2, -0.15) is 0 Å². The summed E-state index contributed by atoms with van der Waals surface area (Å²) < 4.78 is 0. The fourth-order valence-corrected chi connectivity index (χ4v) is 1.84. The number of benzene rings is 1. The van der Waals surface area contributed by atoms with Gasteiger partial charge >= 0.3 is 6.03 Å². The van der Waals surface area contributed by atoms with Crippen molar-refractivity contribution in [2.75, 3.05) is 25.5 Å². The number of imide groups is 1. The van der Waals surface area contributed by atoms with Crippen LogP contribution >= 0.6 is 0 Å². The monoisotopic (exact) mass is 292 g/mol. The van der Waals surface area contributed by atoms with E-state index in [9.17, 15) is 24.5 Å². The third-order valence-electron chi connectivity index (χ3n) is 2.89. The Kier molecular flexibility index (Phi) is 3.83. The summed E-state index contributed by atoms with van der Waals surface area (Å²) in [6.45, 7) is -0.442. The zero-order valence-corrected chi connectivity index (χ0v) is 11.1. The number of urea groups is 1. The number of nitro benzene ring substituents is 1. The van der Waals surface area contributed by atoms with Crippen molar-refractivity contribution in [3.63, 3.8) is 0 Å². The first-order chi connectivity index (χ1) is 9.88. The standard InChI is InChI=1S/C12H12N4O5/c1-14-7-11(18)15(12(14)19)6-10(17)13-8-2-4-9(5-3-8)16(20)21/h2-5H,6-7H2,1H3,(H,13,17). The van der Waals surface area contributed by atoms with E-state index in [0.29, 0.717) is 5.69 Å². The van der Waals surface area contributed by atoms with Gasteiger partial charge in [0.15, 0.2) is 0 Å². The van der Waals surface area contributed by atoms with Gasteiger partial charge in [-0.15, -0.1) is 0 Å². The van der Waals surface area contributed by atoms with E-state index >= 15 is 0 Å². The zero-order chi connectivity index (χ0) is 15.6. The lowest BCUT2D eigenvalue weighted by molar-refractivity contribution is -0.384. The molecule has 4 amide bonds. The normalized spacial score (nSPS) is 14.5. The number of nitrogens with zero attached hydrogens (tertiary/aromatic N) is 3. The number of rotatable bonds is 4. The Balaban J connectivity index is 1.97. The van der Waals surface area contributed by atoms with Gasteiger partial charge in [0.05, 0.1) is 4.92 Å². The Morgan fingerprint density at radius 2 is 1.95 bits per heavy atom. The first-order valence-corrected chi connectivity index (χ1v) is 5.98. The Hall–Kier alpha value is -2.97. The summed E-state index contributed by atoms with van der Waals surface area (Å²) in [5.74, 6) is -0.998. The van der Waals surface area contributed by atoms with Gasteiger partial charge < -0.3 is 10.2 Å². The molecule has 0 aliphatic carbocycles. The molecule has 0 bridgehead atoms. The molecule has 0 radical (unpaired) electrons. The Morgan fingerprint density at radius 1 is 1.33 bits per heavy atom. The van der Waals surface area contributed by atoms with Crippen molar-refractivity contribution >= 4 is 29.2 Å². The van der Waals surface area contributed by atoms with Crippen LogP contribution in [0.2, 0.25) is 0 Å². The van der Waals surface area contributed by atoms with Crippen LogP contribution in [-0.4, -0.2) is 52.7 Å². The number of carbonyl (C=O) groups excluding carboxylic acids is 3. The summed E-state index contributed by atoms with van der Waals surface area (Å²) in [5, 5.41) is 13.0. The molecule has 0 aromatic heterocycles. The van der Waals surface area contributed by atoms with Gasteiger partial charge in [-0.25, -0.2) is 4.79 Å². The van der Waals surface area contributed by atoms with Crippen LogP contribution in [0.1, 0.15) is 0 Å². The second-order valence-electron chi connectivity index (χ2n) is 4.47. The van der Waals surface area contributed by atoms with E-state index in [1.807, 2.05) is 0 Å². The molecule has 0 spiro atoms. The molecule has 0 saturated carbocycles. The van der Waals surface area contributed by atoms with Crippen molar-refractivity contribution in [1.82, 2.24) is 9.80 Å². The highest BCUT2D eigenvalue weighted by molar-refractivity contribution is 6.06. The van der Waals surface area contributed by atoms with Gasteiger partial charge in [0.25, 0.3) is 11.6 Å². The van der Waals surface area contributed by atoms with Crippen molar-refractivity contribution in [1.29, 1.82) is 0 Å². The van der Waals surface area contributed by atoms with Crippen molar-refractivity contribution < 1.29 is 19.3 Å². The maximum Gasteiger partial charge on any atom is 0.327 e. The van der Waals surface area contributed by atoms with Crippen molar-refractivity contribution in [3.8, 4) is 0 Å². The van der Waals surface area contributed by atoms with E-state index < -0.39 is 22.8 Å². The molecule has 2 rings (SSSR count). The van der Waals surface area contributed by atoms with E-state index in [1.54, 1.807) is 0 Å². The molecule has 1 fully saturated rings. The Bertz CT molecular complexity index is 613. The quantitative estimate of drug-likeness (QED) is 0.491. The molecule has 1 N–H and O–H groups in total. The number of hydrogen-bond acceptors (Lipinski definition) is 5. The minimum Gasteiger partial charge on any atom is -0.325 e. The van der Waals surface area contributed by atoms with E-state index in [0.717, 1.165) is 4.90 Å². The molecule has 110 valence electrons. The molecule has 21 heavy (non-hydrogen) atoms. The predicted octanol–water partition coefficient (Wildman–Crippen LogP) is 0.427. The van der Waals surface area contributed by atoms with Gasteiger partial charge in [0.2, 0.25) is 5.91 Å². The smallest absolute Gasteiger partial charge is 0.325 e. The zero-order valence-electron chi connectivity index (χ0n) is 11.1. The summed E-state index contributed by atoms with van der Waals surface area (Å²) in [4.78, 5) is 46.9. The van der Waals surface area contributed by atoms with Gasteiger partial charge in [0, 0.05) is 24.9 Å². The number of hydrogen-bond donors (Lipinski definition) is 1. The number of carbonyl (C=O) groups is 3. The molecular formula is C12H12N4O5. The van der Waals surface area contributed by atoms with Crippen LogP contribution in [0.4, 0.5) is 16.2 Å². The fourth-order valence-electron chi connectivity index (χ4n) is 1.84. The summed E-state index contributed by atoms with van der Waals surface area (Å²) in [5.41, 5.74) is 0.248. The number of likely N-dealkylation sites (N-methyl/N-ethyl adjacent to an activating group) is 1. The predicted molar refractivity (Wildman–Crippen MR) is 71.5 cm³/mol. The molecule has 0 atom stereocenters. The van der Waals surface area contributed by atoms with Crippen LogP contribution in [0.25, 0.3) is 0 Å². The number of nitrogens with one attached hydrogen (secondary N) is 1. The van der Waals surface area contributed by atoms with Gasteiger partial charge in [0.1, 0.15) is 13.1 Å². The van der Waals surface area contributed by atoms with E-state index in [4.69, 9.17) is 0 Å². The van der Waals surface area contributed by atoms with Crippen LogP contribution < -0.4 is 5.32 Å². The van der Waals surface area contributed by atoms with Crippen LogP contribution in [0.15, 0.2) is 24.3 Å². The third kappa shape index (κ3) is 3.14. The second kappa shape index (κ2) is 5.57. The van der Waals surface area contributed by atoms with Crippen LogP contribution in [0.3, 0.4) is 0 Å². The minimum absolute atomic E-state index is 0.0519. The summed E-state index contributed by atoms with van der Waals surface area (Å²) in [6, 6.07) is 4.70. The van der Waals surface area contributed by atoms with Crippen LogP contribution in [0, 0.1) is 10.1 Å². The van der Waals surface area contributed by atoms with Crippen LogP contribution in [0.5, 0.6) is 0 Å². The summed E-state index contributed by atoms with van der Waals surface area (Å²) >= 11 is 0. The molecule has 9 heteroatoms. The largest absolute Gasteiger partial charge is 0.327 e. The fraction of sp³-hybridized carbons (Fsp3) is 0.250. The lowest BCUT2D eigenvalue weighted by Gasteiger charge is -2.13. The molecule has 1 saturated heterocycles. The SMILES string of the molecule is CN1CC(=O)N(CC(=O)Nc2ccc([N+](=O)[O-])cc2)C1=O. The van der Waals surface area contributed by atoms with Gasteiger partial charge in [-0.1, -0.05) is 0 Å². The molecule has 1 aliphatic rings. The molecule has 1 aromatic rings. The minimum atomic E-state index is -0.555. The molecule has 9 nitrogen and oxygen atoms in total. The maximum absolute atomic E-state index is 11.8. The third-order valence-corrected chi connectivity index (χ3v) is 2.89. The highest BCUT2D eigenvalue weighted by atomic mass is 16.6. The van der Waals surface area contributed by atoms with Crippen molar-refractivity contribution in [2.45, 2.75) is 0 Å². The van der Waals surface area contributed by atoms with E-state index in [-0.39, 0.29) is 18.8 Å². The van der Waals surface area contributed by atoms with Crippen LogP contribution in [-0.2, 0) is 9.59 Å². The van der Waals surface area contributed by atoms with Crippen molar-refractivity contribution in [2.24, 2.45) is 0 Å². The highest BCUT2D eigenvalue weighted by Crippen LogP contribution is 2.15. The second-order valence-corrected chi connectivity index (χ2v) is 4.47. The molecular weight excluding hydrogens is 280 g/mol. The maximum atomic E-state index is 11.8. The lowest BCUT2D eigenvalue weighted by Crippen LogP contribution is -2.38. The Labute approximate surface area is 119 Å². The number of non-ortho nitro benzene ring substituents is 1. The topological polar surface area (TPSA) is 113 Å². The first kappa shape index (κ1) is 14.4. The van der Waals surface area contributed by atoms with Gasteiger partial charge in [-0.3, -0.25) is 24.6 Å². The molecule has 1 aromatic carbocycles. The molecule has 1 aliphatic heterocycles. The highest BCUT2D eigenvalue weighted by Gasteiger charge is 2.34. The lowest BCUT2D eigenvalue weighted by atomic mass is 10.3. The average Bonchev–Trinajstić information content (AvgIpc) is 2.66. The van der Waals surface area contributed by atoms with E-state index in [1.165, 1.54) is 36.2 Å². The summed E-state index contributed by atoms with van der Waals surface area (Å²) in [6.07, 6.45) is 0. The average molecular weight is 292 g/mol. The molecule has 0 unspecified atom stereocenters. The summed E-state index contributed by atoms with van der Waals surface area (Å²) in [7, 11) is 1.47. The first-order valence-electron chi connectivity index (χ1n) is 5.98. The number of anilines is 1. The van der Waals surface area contributed by atoms with E-state index in [2.05, 4.69) is 5.32 Å². The number of amides is 4. The van der Waals surface area contributed by atoms with Gasteiger partial charge in [-0.05, 0) is 12.1 Å². The number of nitro groups is 1.